The summed E-state index contributed by atoms with van der Waals surface area (Å²) in [6.07, 6.45) is 2.24. The maximum absolute atomic E-state index is 13.1. The van der Waals surface area contributed by atoms with Crippen molar-refractivity contribution < 1.29 is 9.13 Å². The summed E-state index contributed by atoms with van der Waals surface area (Å²) in [5, 5.41) is 0. The van der Waals surface area contributed by atoms with Crippen molar-refractivity contribution in [3.05, 3.63) is 35.6 Å². The van der Waals surface area contributed by atoms with Gasteiger partial charge in [0.25, 0.3) is 0 Å². The molecule has 2 atom stereocenters. The molecule has 0 radical (unpaired) electrons. The van der Waals surface area contributed by atoms with E-state index in [1.807, 2.05) is 6.07 Å². The number of halogens is 1. The molecule has 1 aliphatic rings. The van der Waals surface area contributed by atoms with Crippen molar-refractivity contribution in [2.45, 2.75) is 31.9 Å². The number of nitrogens with two attached hydrogens (primary N) is 1. The molecule has 106 valence electrons. The van der Waals surface area contributed by atoms with Crippen LogP contribution in [0.5, 0.6) is 0 Å². The quantitative estimate of drug-likeness (QED) is 0.889. The second kappa shape index (κ2) is 6.98. The smallest absolute Gasteiger partial charge is 0.123 e. The molecule has 3 nitrogen and oxygen atoms in total. The van der Waals surface area contributed by atoms with E-state index < -0.39 is 0 Å². The molecule has 2 rings (SSSR count). The zero-order valence-corrected chi connectivity index (χ0v) is 11.5. The van der Waals surface area contributed by atoms with Crippen molar-refractivity contribution in [3.8, 4) is 0 Å². The van der Waals surface area contributed by atoms with Crippen LogP contribution in [-0.2, 0) is 4.74 Å². The van der Waals surface area contributed by atoms with E-state index in [2.05, 4.69) is 11.8 Å². The molecule has 0 aromatic heterocycles. The van der Waals surface area contributed by atoms with E-state index in [0.29, 0.717) is 6.10 Å². The molecule has 0 bridgehead atoms. The number of hydrogen-bond acceptors (Lipinski definition) is 3. The first-order chi connectivity index (χ1) is 9.19. The fourth-order valence-electron chi connectivity index (χ4n) is 2.46. The molecule has 1 heterocycles. The Kier molecular flexibility index (Phi) is 5.31. The maximum atomic E-state index is 13.1. The first kappa shape index (κ1) is 14.4. The molecule has 2 unspecified atom stereocenters. The molecule has 1 aliphatic heterocycles. The van der Waals surface area contributed by atoms with Crippen LogP contribution in [-0.4, -0.2) is 37.2 Å². The molecule has 0 amide bonds. The lowest BCUT2D eigenvalue weighted by Gasteiger charge is -2.33. The molecule has 0 aliphatic carbocycles. The highest BCUT2D eigenvalue weighted by atomic mass is 19.1. The SMILES string of the molecule is CCC1CN(CCC(N)c2cccc(F)c2)CCO1. The monoisotopic (exact) mass is 266 g/mol. The van der Waals surface area contributed by atoms with Crippen LogP contribution in [0.15, 0.2) is 24.3 Å². The summed E-state index contributed by atoms with van der Waals surface area (Å²) >= 11 is 0. The summed E-state index contributed by atoms with van der Waals surface area (Å²) < 4.78 is 18.8. The minimum absolute atomic E-state index is 0.0985. The zero-order chi connectivity index (χ0) is 13.7. The number of benzene rings is 1. The Labute approximate surface area is 114 Å². The van der Waals surface area contributed by atoms with E-state index in [0.717, 1.165) is 44.6 Å². The fourth-order valence-corrected chi connectivity index (χ4v) is 2.46. The lowest BCUT2D eigenvalue weighted by atomic mass is 10.0. The molecule has 0 spiro atoms. The van der Waals surface area contributed by atoms with Crippen LogP contribution in [0.25, 0.3) is 0 Å². The molecule has 19 heavy (non-hydrogen) atoms. The molecule has 4 heteroatoms. The Morgan fingerprint density at radius 2 is 2.37 bits per heavy atom. The third-order valence-corrected chi connectivity index (χ3v) is 3.71. The standard InChI is InChI=1S/C15H23FN2O/c1-2-14-11-18(8-9-19-14)7-6-15(17)12-4-3-5-13(16)10-12/h3-5,10,14-15H,2,6-9,11,17H2,1H3. The van der Waals surface area contributed by atoms with Gasteiger partial charge in [0.05, 0.1) is 12.7 Å². The summed E-state index contributed by atoms with van der Waals surface area (Å²) in [4.78, 5) is 2.39. The summed E-state index contributed by atoms with van der Waals surface area (Å²) in [6, 6.07) is 6.48. The van der Waals surface area contributed by atoms with Crippen molar-refractivity contribution >= 4 is 0 Å². The topological polar surface area (TPSA) is 38.5 Å². The van der Waals surface area contributed by atoms with Gasteiger partial charge in [-0.05, 0) is 30.5 Å². The van der Waals surface area contributed by atoms with Crippen LogP contribution in [0.3, 0.4) is 0 Å². The molecule has 1 aromatic rings. The van der Waals surface area contributed by atoms with Gasteiger partial charge in [-0.15, -0.1) is 0 Å². The van der Waals surface area contributed by atoms with Crippen molar-refractivity contribution in [1.29, 1.82) is 0 Å². The van der Waals surface area contributed by atoms with Gasteiger partial charge in [-0.1, -0.05) is 19.1 Å². The zero-order valence-electron chi connectivity index (χ0n) is 11.5. The largest absolute Gasteiger partial charge is 0.376 e. The van der Waals surface area contributed by atoms with Crippen LogP contribution < -0.4 is 5.73 Å². The van der Waals surface area contributed by atoms with Gasteiger partial charge in [0.15, 0.2) is 0 Å². The van der Waals surface area contributed by atoms with Crippen LogP contribution >= 0.6 is 0 Å². The number of rotatable bonds is 5. The van der Waals surface area contributed by atoms with E-state index in [-0.39, 0.29) is 11.9 Å². The highest BCUT2D eigenvalue weighted by Crippen LogP contribution is 2.17. The van der Waals surface area contributed by atoms with Gasteiger partial charge in [-0.25, -0.2) is 4.39 Å². The van der Waals surface area contributed by atoms with Gasteiger partial charge in [0, 0.05) is 25.7 Å². The van der Waals surface area contributed by atoms with Crippen molar-refractivity contribution in [1.82, 2.24) is 4.90 Å². The average molecular weight is 266 g/mol. The Morgan fingerprint density at radius 3 is 3.11 bits per heavy atom. The van der Waals surface area contributed by atoms with Crippen LogP contribution in [0.4, 0.5) is 4.39 Å². The number of ether oxygens (including phenoxy) is 1. The highest BCUT2D eigenvalue weighted by molar-refractivity contribution is 5.19. The summed E-state index contributed by atoms with van der Waals surface area (Å²) in [7, 11) is 0. The second-order valence-corrected chi connectivity index (χ2v) is 5.15. The molecular formula is C15H23FN2O. The highest BCUT2D eigenvalue weighted by Gasteiger charge is 2.19. The van der Waals surface area contributed by atoms with Gasteiger partial charge in [-0.3, -0.25) is 4.90 Å². The Bertz CT molecular complexity index is 399. The number of morpholine rings is 1. The van der Waals surface area contributed by atoms with E-state index >= 15 is 0 Å². The van der Waals surface area contributed by atoms with E-state index in [1.54, 1.807) is 6.07 Å². The van der Waals surface area contributed by atoms with Gasteiger partial charge in [0.2, 0.25) is 0 Å². The average Bonchev–Trinajstić information content (AvgIpc) is 2.45. The Balaban J connectivity index is 1.81. The molecule has 1 saturated heterocycles. The Hall–Kier alpha value is -0.970. The van der Waals surface area contributed by atoms with Gasteiger partial charge < -0.3 is 10.5 Å². The predicted molar refractivity (Wildman–Crippen MR) is 74.4 cm³/mol. The van der Waals surface area contributed by atoms with Crippen LogP contribution in [0.1, 0.15) is 31.4 Å². The van der Waals surface area contributed by atoms with E-state index in [4.69, 9.17) is 10.5 Å². The lowest BCUT2D eigenvalue weighted by Crippen LogP contribution is -2.43. The maximum Gasteiger partial charge on any atom is 0.123 e. The lowest BCUT2D eigenvalue weighted by molar-refractivity contribution is -0.0302. The van der Waals surface area contributed by atoms with E-state index in [9.17, 15) is 4.39 Å². The van der Waals surface area contributed by atoms with Crippen molar-refractivity contribution in [2.24, 2.45) is 5.73 Å². The van der Waals surface area contributed by atoms with Gasteiger partial charge in [0.1, 0.15) is 5.82 Å². The van der Waals surface area contributed by atoms with E-state index in [1.165, 1.54) is 12.1 Å². The molecule has 2 N–H and O–H groups in total. The van der Waals surface area contributed by atoms with Crippen molar-refractivity contribution in [2.75, 3.05) is 26.2 Å². The molecule has 0 saturated carbocycles. The third-order valence-electron chi connectivity index (χ3n) is 3.71. The third kappa shape index (κ3) is 4.27. The Morgan fingerprint density at radius 1 is 1.53 bits per heavy atom. The number of hydrogen-bond donors (Lipinski definition) is 1. The minimum Gasteiger partial charge on any atom is -0.376 e. The van der Waals surface area contributed by atoms with Crippen LogP contribution in [0, 0.1) is 5.82 Å². The first-order valence-corrected chi connectivity index (χ1v) is 7.04. The summed E-state index contributed by atoms with van der Waals surface area (Å²) in [6.45, 7) is 5.83. The molecule has 1 aromatic carbocycles. The fraction of sp³-hybridized carbons (Fsp3) is 0.600. The molecule has 1 fully saturated rings. The van der Waals surface area contributed by atoms with Crippen LogP contribution in [0.2, 0.25) is 0 Å². The van der Waals surface area contributed by atoms with Crippen molar-refractivity contribution in [3.63, 3.8) is 0 Å². The predicted octanol–water partition coefficient (Wildman–Crippen LogP) is 2.33. The summed E-state index contributed by atoms with van der Waals surface area (Å²) in [5.74, 6) is -0.217. The van der Waals surface area contributed by atoms with Gasteiger partial charge in [-0.2, -0.15) is 0 Å². The minimum atomic E-state index is -0.217. The normalized spacial score (nSPS) is 22.4. The van der Waals surface area contributed by atoms with Gasteiger partial charge >= 0.3 is 0 Å². The second-order valence-electron chi connectivity index (χ2n) is 5.15. The first-order valence-electron chi connectivity index (χ1n) is 7.04. The number of nitrogens with zero attached hydrogens (tertiary/aromatic N) is 1. The summed E-state index contributed by atoms with van der Waals surface area (Å²) in [5.41, 5.74) is 7.00. The molecular weight excluding hydrogens is 243 g/mol.